The van der Waals surface area contributed by atoms with Gasteiger partial charge in [-0.05, 0) is 26.9 Å². The van der Waals surface area contributed by atoms with Gasteiger partial charge in [0, 0.05) is 0 Å². The van der Waals surface area contributed by atoms with E-state index >= 15 is 0 Å². The number of nitrogens with zero attached hydrogens (tertiary/aromatic N) is 4. The van der Waals surface area contributed by atoms with E-state index in [2.05, 4.69) is 50.8 Å². The fourth-order valence-electron chi connectivity index (χ4n) is 1.99. The Morgan fingerprint density at radius 2 is 2.21 bits per heavy atom. The van der Waals surface area contributed by atoms with E-state index in [4.69, 9.17) is 4.74 Å². The number of thiazole rings is 1. The minimum Gasteiger partial charge on any atom is -0.445 e. The van der Waals surface area contributed by atoms with Gasteiger partial charge in [0.2, 0.25) is 0 Å². The Balaban J connectivity index is 1.98. The van der Waals surface area contributed by atoms with E-state index in [1.165, 1.54) is 17.7 Å². The molecule has 0 spiro atoms. The molecule has 0 saturated heterocycles. The molecule has 2 aromatic heterocycles. The lowest BCUT2D eigenvalue weighted by Crippen LogP contribution is -2.23. The number of hydrogen-bond donors (Lipinski definition) is 1. The van der Waals surface area contributed by atoms with Crippen LogP contribution in [0.15, 0.2) is 6.33 Å². The van der Waals surface area contributed by atoms with E-state index in [1.807, 2.05) is 0 Å². The average Bonchev–Trinajstić information content (AvgIpc) is 3.20. The minimum atomic E-state index is -0.469. The van der Waals surface area contributed by atoms with Crippen molar-refractivity contribution in [2.24, 2.45) is 0 Å². The van der Waals surface area contributed by atoms with Gasteiger partial charge in [0.15, 0.2) is 16.9 Å². The molecule has 2 heterocycles. The molecule has 0 amide bonds. The molecule has 7 nitrogen and oxygen atoms in total. The second kappa shape index (κ2) is 8.57. The van der Waals surface area contributed by atoms with Crippen LogP contribution in [0.1, 0.15) is 36.1 Å². The Hall–Kier alpha value is -2.24. The maximum atomic E-state index is 12.3. The molecule has 0 aliphatic heterocycles. The van der Waals surface area contributed by atoms with Crippen LogP contribution in [0.3, 0.4) is 0 Å². The molecule has 0 aliphatic carbocycles. The fourth-order valence-corrected chi connectivity index (χ4v) is 2.88. The van der Waals surface area contributed by atoms with Crippen molar-refractivity contribution in [2.45, 2.75) is 33.8 Å². The molecule has 0 fully saturated rings. The maximum Gasteiger partial charge on any atom is 0.351 e. The summed E-state index contributed by atoms with van der Waals surface area (Å²) in [7, 11) is 0. The molecule has 1 atom stereocenters. The first-order valence-electron chi connectivity index (χ1n) is 7.80. The molecule has 0 aromatic carbocycles. The van der Waals surface area contributed by atoms with E-state index in [9.17, 15) is 4.79 Å². The Labute approximate surface area is 145 Å². The van der Waals surface area contributed by atoms with Crippen LogP contribution < -0.4 is 0 Å². The zero-order valence-electron chi connectivity index (χ0n) is 14.3. The van der Waals surface area contributed by atoms with Crippen LogP contribution in [0.5, 0.6) is 0 Å². The van der Waals surface area contributed by atoms with Gasteiger partial charge in [-0.25, -0.2) is 14.8 Å². The van der Waals surface area contributed by atoms with Crippen LogP contribution in [0.2, 0.25) is 0 Å². The zero-order chi connectivity index (χ0) is 17.5. The summed E-state index contributed by atoms with van der Waals surface area (Å²) in [4.78, 5) is 23.3. The molecular weight excluding hydrogens is 326 g/mol. The second-order valence-electron chi connectivity index (χ2n) is 5.10. The molecule has 8 heteroatoms. The third kappa shape index (κ3) is 4.63. The Kier molecular flexibility index (Phi) is 6.46. The van der Waals surface area contributed by atoms with Gasteiger partial charge < -0.3 is 4.74 Å². The molecule has 24 heavy (non-hydrogen) atoms. The normalized spacial score (nSPS) is 11.9. The predicted octanol–water partition coefficient (Wildman–Crippen LogP) is 2.13. The van der Waals surface area contributed by atoms with Gasteiger partial charge >= 0.3 is 5.97 Å². The average molecular weight is 347 g/mol. The molecule has 0 radical (unpaired) electrons. The lowest BCUT2D eigenvalue weighted by Gasteiger charge is -2.13. The number of esters is 1. The highest BCUT2D eigenvalue weighted by molar-refractivity contribution is 7.16. The molecular formula is C16H21N5O2S. The highest BCUT2D eigenvalue weighted by Gasteiger charge is 2.20. The van der Waals surface area contributed by atoms with Crippen molar-refractivity contribution in [3.05, 3.63) is 16.9 Å². The number of aromatic amines is 1. The molecule has 0 saturated carbocycles. The summed E-state index contributed by atoms with van der Waals surface area (Å²) in [6, 6.07) is 0. The van der Waals surface area contributed by atoms with Crippen molar-refractivity contribution >= 4 is 17.3 Å². The molecule has 2 rings (SSSR count). The number of hydrogen-bond acceptors (Lipinski definition) is 7. The number of rotatable bonds is 6. The van der Waals surface area contributed by atoms with Crippen molar-refractivity contribution < 1.29 is 9.53 Å². The summed E-state index contributed by atoms with van der Waals surface area (Å²) >= 11 is 1.23. The lowest BCUT2D eigenvalue weighted by atomic mass is 10.3. The maximum absolute atomic E-state index is 12.3. The van der Waals surface area contributed by atoms with Gasteiger partial charge in [-0.1, -0.05) is 25.7 Å². The van der Waals surface area contributed by atoms with Crippen LogP contribution in [0.4, 0.5) is 0 Å². The number of aryl methyl sites for hydroxylation is 1. The van der Waals surface area contributed by atoms with Crippen LogP contribution in [-0.4, -0.2) is 56.8 Å². The zero-order valence-corrected chi connectivity index (χ0v) is 15.1. The summed E-state index contributed by atoms with van der Waals surface area (Å²) < 4.78 is 5.39. The largest absolute Gasteiger partial charge is 0.445 e. The van der Waals surface area contributed by atoms with Gasteiger partial charge in [-0.2, -0.15) is 5.10 Å². The summed E-state index contributed by atoms with van der Waals surface area (Å²) in [6.45, 7) is 10.3. The second-order valence-corrected chi connectivity index (χ2v) is 6.10. The smallest absolute Gasteiger partial charge is 0.351 e. The number of carbonyl (C=O) groups is 1. The first-order chi connectivity index (χ1) is 11.5. The van der Waals surface area contributed by atoms with Crippen molar-refractivity contribution in [3.63, 3.8) is 0 Å². The predicted molar refractivity (Wildman–Crippen MR) is 92.7 cm³/mol. The Morgan fingerprint density at radius 3 is 2.83 bits per heavy atom. The molecule has 0 aliphatic rings. The molecule has 0 bridgehead atoms. The van der Waals surface area contributed by atoms with E-state index < -0.39 is 12.1 Å². The standard InChI is InChI=1S/C16H21N5O2S/c1-5-21(6-2)9-7-8-11(3)23-16(22)13-12(4)19-15(24-13)14-17-10-18-20-14/h10-11H,5-6,9H2,1-4H3,(H,17,18,20). The van der Waals surface area contributed by atoms with E-state index in [0.29, 0.717) is 27.9 Å². The van der Waals surface area contributed by atoms with Gasteiger partial charge in [0.05, 0.1) is 12.2 Å². The van der Waals surface area contributed by atoms with Crippen LogP contribution in [-0.2, 0) is 4.74 Å². The van der Waals surface area contributed by atoms with E-state index in [-0.39, 0.29) is 0 Å². The minimum absolute atomic E-state index is 0.416. The topological polar surface area (TPSA) is 84.0 Å². The summed E-state index contributed by atoms with van der Waals surface area (Å²) in [5.74, 6) is 6.13. The van der Waals surface area contributed by atoms with Crippen molar-refractivity contribution in [2.75, 3.05) is 19.6 Å². The van der Waals surface area contributed by atoms with E-state index in [0.717, 1.165) is 13.1 Å². The third-order valence-electron chi connectivity index (χ3n) is 3.39. The van der Waals surface area contributed by atoms with Gasteiger partial charge in [0.25, 0.3) is 0 Å². The number of ether oxygens (including phenoxy) is 1. The molecule has 1 N–H and O–H groups in total. The highest BCUT2D eigenvalue weighted by atomic mass is 32.1. The number of aromatic nitrogens is 4. The van der Waals surface area contributed by atoms with Crippen LogP contribution in [0, 0.1) is 18.8 Å². The highest BCUT2D eigenvalue weighted by Crippen LogP contribution is 2.25. The Bertz CT molecular complexity index is 725. The number of nitrogens with one attached hydrogen (secondary N) is 1. The van der Waals surface area contributed by atoms with Gasteiger partial charge in [0.1, 0.15) is 11.2 Å². The summed E-state index contributed by atoms with van der Waals surface area (Å²) in [5, 5.41) is 7.12. The first-order valence-corrected chi connectivity index (χ1v) is 8.61. The summed E-state index contributed by atoms with van der Waals surface area (Å²) in [6.07, 6.45) is 0.931. The number of carbonyl (C=O) groups excluding carboxylic acids is 1. The molecule has 1 unspecified atom stereocenters. The third-order valence-corrected chi connectivity index (χ3v) is 4.53. The Morgan fingerprint density at radius 1 is 1.46 bits per heavy atom. The van der Waals surface area contributed by atoms with Crippen molar-refractivity contribution in [3.8, 4) is 22.7 Å². The van der Waals surface area contributed by atoms with Crippen molar-refractivity contribution in [1.29, 1.82) is 0 Å². The SMILES string of the molecule is CCN(CC)CC#CC(C)OC(=O)c1sc(-c2ncn[nH]2)nc1C. The van der Waals surface area contributed by atoms with Crippen molar-refractivity contribution in [1.82, 2.24) is 25.1 Å². The van der Waals surface area contributed by atoms with E-state index in [1.54, 1.807) is 13.8 Å². The molecule has 128 valence electrons. The van der Waals surface area contributed by atoms with Crippen LogP contribution in [0.25, 0.3) is 10.8 Å². The fraction of sp³-hybridized carbons (Fsp3) is 0.500. The van der Waals surface area contributed by atoms with Gasteiger partial charge in [-0.3, -0.25) is 10.00 Å². The number of H-pyrrole nitrogens is 1. The van der Waals surface area contributed by atoms with Gasteiger partial charge in [-0.15, -0.1) is 11.3 Å². The first kappa shape index (κ1) is 18.1. The molecule has 2 aromatic rings. The summed E-state index contributed by atoms with van der Waals surface area (Å²) in [5.41, 5.74) is 0.611. The quantitative estimate of drug-likeness (QED) is 0.636. The van der Waals surface area contributed by atoms with Crippen LogP contribution >= 0.6 is 11.3 Å². The monoisotopic (exact) mass is 347 g/mol. The lowest BCUT2D eigenvalue weighted by molar-refractivity contribution is 0.0443.